The SMILES string of the molecule is Cc1cccc2c1n(CCN(C)C)c(=O)n2C(=O)NC1CCCC[C@@H]1O. The summed E-state index contributed by atoms with van der Waals surface area (Å²) in [5, 5.41) is 13.0. The Bertz CT molecular complexity index is 852. The lowest BCUT2D eigenvalue weighted by Crippen LogP contribution is -2.48. The molecule has 0 spiro atoms. The average molecular weight is 360 g/mol. The molecule has 1 aliphatic rings. The van der Waals surface area contributed by atoms with Crippen LogP contribution in [0.5, 0.6) is 0 Å². The number of aliphatic hydroxyl groups is 1. The first-order valence-corrected chi connectivity index (χ1v) is 9.24. The van der Waals surface area contributed by atoms with E-state index in [-0.39, 0.29) is 11.7 Å². The molecule has 2 aromatic rings. The molecule has 1 unspecified atom stereocenters. The molecule has 2 atom stereocenters. The van der Waals surface area contributed by atoms with E-state index in [0.29, 0.717) is 25.0 Å². The Labute approximate surface area is 153 Å². The number of para-hydroxylation sites is 1. The maximum atomic E-state index is 13.0. The van der Waals surface area contributed by atoms with E-state index in [4.69, 9.17) is 0 Å². The Morgan fingerprint density at radius 1 is 1.31 bits per heavy atom. The van der Waals surface area contributed by atoms with Gasteiger partial charge in [0.2, 0.25) is 0 Å². The number of hydrogen-bond acceptors (Lipinski definition) is 4. The van der Waals surface area contributed by atoms with Crippen molar-refractivity contribution in [2.75, 3.05) is 20.6 Å². The molecule has 3 rings (SSSR count). The number of nitrogens with one attached hydrogen (secondary N) is 1. The van der Waals surface area contributed by atoms with Crippen LogP contribution < -0.4 is 11.0 Å². The summed E-state index contributed by atoms with van der Waals surface area (Å²) in [5.41, 5.74) is 2.02. The van der Waals surface area contributed by atoms with Crippen LogP contribution in [-0.2, 0) is 6.54 Å². The lowest BCUT2D eigenvalue weighted by molar-refractivity contribution is 0.0944. The van der Waals surface area contributed by atoms with Crippen molar-refractivity contribution in [1.82, 2.24) is 19.4 Å². The van der Waals surface area contributed by atoms with Crippen molar-refractivity contribution in [2.24, 2.45) is 0 Å². The van der Waals surface area contributed by atoms with Crippen molar-refractivity contribution in [3.8, 4) is 0 Å². The van der Waals surface area contributed by atoms with Gasteiger partial charge in [-0.05, 0) is 45.5 Å². The van der Waals surface area contributed by atoms with Crippen LogP contribution in [0.3, 0.4) is 0 Å². The zero-order valence-electron chi connectivity index (χ0n) is 15.7. The first-order chi connectivity index (χ1) is 12.4. The molecule has 1 aliphatic carbocycles. The van der Waals surface area contributed by atoms with Gasteiger partial charge in [-0.1, -0.05) is 25.0 Å². The van der Waals surface area contributed by atoms with Gasteiger partial charge < -0.3 is 15.3 Å². The number of fused-ring (bicyclic) bond motifs is 1. The maximum Gasteiger partial charge on any atom is 0.337 e. The summed E-state index contributed by atoms with van der Waals surface area (Å²) < 4.78 is 2.88. The van der Waals surface area contributed by atoms with Crippen molar-refractivity contribution in [3.63, 3.8) is 0 Å². The van der Waals surface area contributed by atoms with Gasteiger partial charge in [0.25, 0.3) is 0 Å². The smallest absolute Gasteiger partial charge is 0.337 e. The molecule has 0 saturated heterocycles. The quantitative estimate of drug-likeness (QED) is 0.867. The highest BCUT2D eigenvalue weighted by Crippen LogP contribution is 2.20. The van der Waals surface area contributed by atoms with Crippen molar-refractivity contribution in [1.29, 1.82) is 0 Å². The molecule has 2 N–H and O–H groups in total. The van der Waals surface area contributed by atoms with Gasteiger partial charge in [-0.2, -0.15) is 0 Å². The largest absolute Gasteiger partial charge is 0.391 e. The highest BCUT2D eigenvalue weighted by atomic mass is 16.3. The first-order valence-electron chi connectivity index (χ1n) is 9.24. The summed E-state index contributed by atoms with van der Waals surface area (Å²) in [5.74, 6) is 0. The number of nitrogens with zero attached hydrogens (tertiary/aromatic N) is 3. The second kappa shape index (κ2) is 7.63. The maximum absolute atomic E-state index is 13.0. The molecule has 0 bridgehead atoms. The number of hydrogen-bond donors (Lipinski definition) is 2. The fourth-order valence-electron chi connectivity index (χ4n) is 3.70. The standard InChI is InChI=1S/C19H28N4O3/c1-13-7-6-9-15-17(13)22(12-11-21(2)3)19(26)23(15)18(25)20-14-8-4-5-10-16(14)24/h6-7,9,14,16,24H,4-5,8,10-12H2,1-3H3,(H,20,25)/t14?,16-/m0/s1. The minimum atomic E-state index is -0.549. The fraction of sp³-hybridized carbons (Fsp3) is 0.579. The van der Waals surface area contributed by atoms with Gasteiger partial charge in [0, 0.05) is 13.1 Å². The van der Waals surface area contributed by atoms with Crippen molar-refractivity contribution in [2.45, 2.75) is 51.3 Å². The van der Waals surface area contributed by atoms with E-state index >= 15 is 0 Å². The Kier molecular flexibility index (Phi) is 5.48. The minimum absolute atomic E-state index is 0.298. The Morgan fingerprint density at radius 3 is 2.73 bits per heavy atom. The van der Waals surface area contributed by atoms with Crippen molar-refractivity contribution in [3.05, 3.63) is 34.2 Å². The molecule has 1 fully saturated rings. The number of rotatable bonds is 4. The normalized spacial score (nSPS) is 20.7. The Morgan fingerprint density at radius 2 is 2.04 bits per heavy atom. The predicted molar refractivity (Wildman–Crippen MR) is 102 cm³/mol. The van der Waals surface area contributed by atoms with Crippen LogP contribution in [0.1, 0.15) is 31.2 Å². The summed E-state index contributed by atoms with van der Waals surface area (Å²) in [6.45, 7) is 3.16. The molecule has 0 radical (unpaired) electrons. The third-order valence-corrected chi connectivity index (χ3v) is 5.16. The number of aryl methyl sites for hydroxylation is 1. The van der Waals surface area contributed by atoms with Gasteiger partial charge in [-0.15, -0.1) is 0 Å². The van der Waals surface area contributed by atoms with Crippen molar-refractivity contribution >= 4 is 17.1 Å². The van der Waals surface area contributed by atoms with Gasteiger partial charge in [-0.25, -0.2) is 14.2 Å². The number of imidazole rings is 1. The van der Waals surface area contributed by atoms with Crippen LogP contribution in [0, 0.1) is 6.92 Å². The third-order valence-electron chi connectivity index (χ3n) is 5.16. The average Bonchev–Trinajstić information content (AvgIpc) is 2.88. The summed E-state index contributed by atoms with van der Waals surface area (Å²) in [6, 6.07) is 4.84. The van der Waals surface area contributed by atoms with Crippen LogP contribution in [-0.4, -0.2) is 58.0 Å². The molecule has 142 valence electrons. The van der Waals surface area contributed by atoms with Crippen LogP contribution >= 0.6 is 0 Å². The fourth-order valence-corrected chi connectivity index (χ4v) is 3.70. The van der Waals surface area contributed by atoms with E-state index in [2.05, 4.69) is 5.32 Å². The molecule has 1 aromatic heterocycles. The van der Waals surface area contributed by atoms with Gasteiger partial charge in [-0.3, -0.25) is 4.57 Å². The monoisotopic (exact) mass is 360 g/mol. The molecule has 26 heavy (non-hydrogen) atoms. The van der Waals surface area contributed by atoms with Gasteiger partial charge >= 0.3 is 11.7 Å². The van der Waals surface area contributed by atoms with E-state index in [1.54, 1.807) is 10.6 Å². The van der Waals surface area contributed by atoms with Crippen LogP contribution in [0.4, 0.5) is 4.79 Å². The lowest BCUT2D eigenvalue weighted by atomic mass is 9.93. The molecular weight excluding hydrogens is 332 g/mol. The number of likely N-dealkylation sites (N-methyl/N-ethyl adjacent to an activating group) is 1. The molecule has 7 heteroatoms. The molecular formula is C19H28N4O3. The lowest BCUT2D eigenvalue weighted by Gasteiger charge is -2.28. The Balaban J connectivity index is 1.99. The zero-order chi connectivity index (χ0) is 18.8. The van der Waals surface area contributed by atoms with E-state index in [9.17, 15) is 14.7 Å². The highest BCUT2D eigenvalue weighted by molar-refractivity contribution is 5.91. The van der Waals surface area contributed by atoms with E-state index in [1.807, 2.05) is 38.1 Å². The van der Waals surface area contributed by atoms with Gasteiger partial charge in [0.15, 0.2) is 0 Å². The summed E-state index contributed by atoms with van der Waals surface area (Å²) >= 11 is 0. The number of aliphatic hydroxyl groups excluding tert-OH is 1. The number of benzene rings is 1. The van der Waals surface area contributed by atoms with Crippen LogP contribution in [0.15, 0.2) is 23.0 Å². The first kappa shape index (κ1) is 18.7. The highest BCUT2D eigenvalue weighted by Gasteiger charge is 2.27. The van der Waals surface area contributed by atoms with Gasteiger partial charge in [0.05, 0.1) is 23.2 Å². The molecule has 1 aromatic carbocycles. The number of aromatic nitrogens is 2. The second-order valence-electron chi connectivity index (χ2n) is 7.42. The molecule has 1 heterocycles. The molecule has 0 aliphatic heterocycles. The second-order valence-corrected chi connectivity index (χ2v) is 7.42. The van der Waals surface area contributed by atoms with Crippen LogP contribution in [0.25, 0.3) is 11.0 Å². The summed E-state index contributed by atoms with van der Waals surface area (Å²) in [7, 11) is 3.91. The van der Waals surface area contributed by atoms with E-state index in [0.717, 1.165) is 30.3 Å². The van der Waals surface area contributed by atoms with Gasteiger partial charge in [0.1, 0.15) is 0 Å². The minimum Gasteiger partial charge on any atom is -0.391 e. The number of carbonyl (C=O) groups excluding carboxylic acids is 1. The Hall–Kier alpha value is -2.12. The number of amides is 1. The van der Waals surface area contributed by atoms with Crippen LogP contribution in [0.2, 0.25) is 0 Å². The number of carbonyl (C=O) groups is 1. The molecule has 1 amide bonds. The molecule has 1 saturated carbocycles. The zero-order valence-corrected chi connectivity index (χ0v) is 15.7. The summed E-state index contributed by atoms with van der Waals surface area (Å²) in [4.78, 5) is 27.9. The summed E-state index contributed by atoms with van der Waals surface area (Å²) in [6.07, 6.45) is 2.81. The predicted octanol–water partition coefficient (Wildman–Crippen LogP) is 1.53. The topological polar surface area (TPSA) is 79.5 Å². The third kappa shape index (κ3) is 3.54. The van der Waals surface area contributed by atoms with E-state index in [1.165, 1.54) is 4.57 Å². The molecule has 7 nitrogen and oxygen atoms in total. The van der Waals surface area contributed by atoms with Crippen molar-refractivity contribution < 1.29 is 9.90 Å². The van der Waals surface area contributed by atoms with E-state index < -0.39 is 12.1 Å².